The van der Waals surface area contributed by atoms with Crippen molar-refractivity contribution < 1.29 is 9.59 Å². The van der Waals surface area contributed by atoms with Crippen LogP contribution in [0.5, 0.6) is 0 Å². The van der Waals surface area contributed by atoms with Gasteiger partial charge in [-0.3, -0.25) is 9.59 Å². The van der Waals surface area contributed by atoms with Crippen molar-refractivity contribution in [3.05, 3.63) is 29.8 Å². The number of carbonyl (C=O) groups excluding carboxylic acids is 2. The minimum Gasteiger partial charge on any atom is -0.378 e. The third-order valence-corrected chi connectivity index (χ3v) is 2.81. The molecule has 0 spiro atoms. The molecule has 1 aromatic carbocycles. The molecule has 104 valence electrons. The summed E-state index contributed by atoms with van der Waals surface area (Å²) in [4.78, 5) is 24.2. The Kier molecular flexibility index (Phi) is 5.85. The molecule has 0 atom stereocenters. The van der Waals surface area contributed by atoms with E-state index in [1.54, 1.807) is 0 Å². The molecule has 2 N–H and O–H groups in total. The molecule has 0 heterocycles. The van der Waals surface area contributed by atoms with Crippen molar-refractivity contribution in [2.45, 2.75) is 12.8 Å². The van der Waals surface area contributed by atoms with Crippen molar-refractivity contribution >= 4 is 17.5 Å². The Bertz CT molecular complexity index is 427. The summed E-state index contributed by atoms with van der Waals surface area (Å²) >= 11 is 0. The van der Waals surface area contributed by atoms with Gasteiger partial charge in [0, 0.05) is 33.4 Å². The van der Waals surface area contributed by atoms with Crippen LogP contribution in [0.1, 0.15) is 12.0 Å². The first-order valence-electron chi connectivity index (χ1n) is 6.30. The molecule has 0 aliphatic carbocycles. The molecule has 0 saturated heterocycles. The summed E-state index contributed by atoms with van der Waals surface area (Å²) in [5.41, 5.74) is 2.39. The molecule has 0 bridgehead atoms. The van der Waals surface area contributed by atoms with Gasteiger partial charge in [0.2, 0.25) is 0 Å². The van der Waals surface area contributed by atoms with Crippen LogP contribution in [0.2, 0.25) is 0 Å². The van der Waals surface area contributed by atoms with E-state index >= 15 is 0 Å². The Balaban J connectivity index is 2.30. The second-order valence-corrected chi connectivity index (χ2v) is 4.50. The van der Waals surface area contributed by atoms with Crippen LogP contribution in [-0.4, -0.2) is 39.5 Å². The first-order valence-corrected chi connectivity index (χ1v) is 6.30. The zero-order chi connectivity index (χ0) is 14.3. The zero-order valence-electron chi connectivity index (χ0n) is 11.7. The van der Waals surface area contributed by atoms with E-state index in [0.717, 1.165) is 18.5 Å². The monoisotopic (exact) mass is 263 g/mol. The van der Waals surface area contributed by atoms with Gasteiger partial charge < -0.3 is 15.5 Å². The van der Waals surface area contributed by atoms with Crippen molar-refractivity contribution in [2.24, 2.45) is 0 Å². The standard InChI is InChI=1S/C14H21N3O2/c1-15-13(18)14(19)16-10-4-5-11-6-8-12(9-7-11)17(2)3/h6-9H,4-5,10H2,1-3H3,(H,15,18)(H,16,19). The smallest absolute Gasteiger partial charge is 0.309 e. The highest BCUT2D eigenvalue weighted by Crippen LogP contribution is 2.13. The summed E-state index contributed by atoms with van der Waals surface area (Å²) in [6.45, 7) is 0.502. The number of benzene rings is 1. The summed E-state index contributed by atoms with van der Waals surface area (Å²) < 4.78 is 0. The Morgan fingerprint density at radius 2 is 1.74 bits per heavy atom. The fraction of sp³-hybridized carbons (Fsp3) is 0.429. The lowest BCUT2D eigenvalue weighted by Crippen LogP contribution is -2.38. The summed E-state index contributed by atoms with van der Waals surface area (Å²) in [5.74, 6) is -1.18. The van der Waals surface area contributed by atoms with Crippen molar-refractivity contribution in [3.8, 4) is 0 Å². The van der Waals surface area contributed by atoms with Gasteiger partial charge >= 0.3 is 11.8 Å². The van der Waals surface area contributed by atoms with E-state index in [9.17, 15) is 9.59 Å². The topological polar surface area (TPSA) is 61.4 Å². The Morgan fingerprint density at radius 1 is 1.11 bits per heavy atom. The maximum absolute atomic E-state index is 11.2. The van der Waals surface area contributed by atoms with Gasteiger partial charge in [0.15, 0.2) is 0 Å². The van der Waals surface area contributed by atoms with Crippen molar-refractivity contribution in [3.63, 3.8) is 0 Å². The lowest BCUT2D eigenvalue weighted by molar-refractivity contribution is -0.138. The van der Waals surface area contributed by atoms with Crippen LogP contribution >= 0.6 is 0 Å². The van der Waals surface area contributed by atoms with E-state index in [1.165, 1.54) is 12.6 Å². The summed E-state index contributed by atoms with van der Waals surface area (Å²) in [5, 5.41) is 4.86. The molecule has 0 fully saturated rings. The molecule has 0 radical (unpaired) electrons. The quantitative estimate of drug-likeness (QED) is 0.602. The summed E-state index contributed by atoms with van der Waals surface area (Å²) in [6.07, 6.45) is 1.69. The lowest BCUT2D eigenvalue weighted by Gasteiger charge is -2.12. The van der Waals surface area contributed by atoms with E-state index < -0.39 is 11.8 Å². The lowest BCUT2D eigenvalue weighted by atomic mass is 10.1. The van der Waals surface area contributed by atoms with Gasteiger partial charge in [0.1, 0.15) is 0 Å². The predicted molar refractivity (Wildman–Crippen MR) is 76.2 cm³/mol. The molecule has 5 nitrogen and oxygen atoms in total. The number of hydrogen-bond acceptors (Lipinski definition) is 3. The molecule has 0 aliphatic rings. The third kappa shape index (κ3) is 4.99. The molecule has 0 aromatic heterocycles. The number of nitrogens with one attached hydrogen (secondary N) is 2. The molecule has 0 unspecified atom stereocenters. The highest BCUT2D eigenvalue weighted by Gasteiger charge is 2.09. The Hall–Kier alpha value is -2.04. The van der Waals surface area contributed by atoms with Crippen LogP contribution in [0.4, 0.5) is 5.69 Å². The van der Waals surface area contributed by atoms with Crippen molar-refractivity contribution in [1.82, 2.24) is 10.6 Å². The van der Waals surface area contributed by atoms with Crippen LogP contribution in [-0.2, 0) is 16.0 Å². The molecular weight excluding hydrogens is 242 g/mol. The number of likely N-dealkylation sites (N-methyl/N-ethyl adjacent to an activating group) is 1. The first kappa shape index (κ1) is 15.0. The second-order valence-electron chi connectivity index (χ2n) is 4.50. The molecule has 1 aromatic rings. The predicted octanol–water partition coefficient (Wildman–Crippen LogP) is 0.547. The van der Waals surface area contributed by atoms with Gasteiger partial charge in [-0.2, -0.15) is 0 Å². The summed E-state index contributed by atoms with van der Waals surface area (Å²) in [6, 6.07) is 8.29. The van der Waals surface area contributed by atoms with Gasteiger partial charge in [-0.25, -0.2) is 0 Å². The first-order chi connectivity index (χ1) is 9.04. The average Bonchev–Trinajstić information content (AvgIpc) is 2.42. The zero-order valence-corrected chi connectivity index (χ0v) is 11.7. The number of rotatable bonds is 5. The number of nitrogens with zero attached hydrogens (tertiary/aromatic N) is 1. The normalized spacial score (nSPS) is 9.84. The molecular formula is C14H21N3O2. The Morgan fingerprint density at radius 3 is 2.26 bits per heavy atom. The minimum absolute atomic E-state index is 0.502. The molecule has 19 heavy (non-hydrogen) atoms. The largest absolute Gasteiger partial charge is 0.378 e. The van der Waals surface area contributed by atoms with Crippen LogP contribution in [0.3, 0.4) is 0 Å². The van der Waals surface area contributed by atoms with Gasteiger partial charge in [0.05, 0.1) is 0 Å². The minimum atomic E-state index is -0.602. The fourth-order valence-electron chi connectivity index (χ4n) is 1.65. The van der Waals surface area contributed by atoms with Crippen LogP contribution in [0, 0.1) is 0 Å². The van der Waals surface area contributed by atoms with Crippen LogP contribution in [0.25, 0.3) is 0 Å². The van der Waals surface area contributed by atoms with Gasteiger partial charge in [-0.1, -0.05) is 12.1 Å². The van der Waals surface area contributed by atoms with E-state index in [-0.39, 0.29) is 0 Å². The number of hydrogen-bond donors (Lipinski definition) is 2. The molecule has 0 saturated carbocycles. The van der Waals surface area contributed by atoms with Gasteiger partial charge in [-0.15, -0.1) is 0 Å². The Labute approximate surface area is 114 Å². The molecule has 5 heteroatoms. The highest BCUT2D eigenvalue weighted by molar-refractivity contribution is 6.34. The number of aryl methyl sites for hydroxylation is 1. The van der Waals surface area contributed by atoms with Crippen LogP contribution < -0.4 is 15.5 Å². The maximum Gasteiger partial charge on any atom is 0.309 e. The number of anilines is 1. The van der Waals surface area contributed by atoms with E-state index in [4.69, 9.17) is 0 Å². The number of amides is 2. The molecule has 0 aliphatic heterocycles. The van der Waals surface area contributed by atoms with Crippen LogP contribution in [0.15, 0.2) is 24.3 Å². The second kappa shape index (κ2) is 7.41. The van der Waals surface area contributed by atoms with Crippen molar-refractivity contribution in [1.29, 1.82) is 0 Å². The third-order valence-electron chi connectivity index (χ3n) is 2.81. The van der Waals surface area contributed by atoms with Gasteiger partial charge in [0.25, 0.3) is 0 Å². The SMILES string of the molecule is CNC(=O)C(=O)NCCCc1ccc(N(C)C)cc1. The molecule has 2 amide bonds. The summed E-state index contributed by atoms with van der Waals surface area (Å²) in [7, 11) is 5.45. The van der Waals surface area contributed by atoms with Gasteiger partial charge in [-0.05, 0) is 30.5 Å². The van der Waals surface area contributed by atoms with E-state index in [1.807, 2.05) is 19.0 Å². The van der Waals surface area contributed by atoms with E-state index in [2.05, 4.69) is 34.9 Å². The maximum atomic E-state index is 11.2. The number of carbonyl (C=O) groups is 2. The van der Waals surface area contributed by atoms with E-state index in [0.29, 0.717) is 6.54 Å². The van der Waals surface area contributed by atoms with Crippen molar-refractivity contribution in [2.75, 3.05) is 32.6 Å². The highest BCUT2D eigenvalue weighted by atomic mass is 16.2. The fourth-order valence-corrected chi connectivity index (χ4v) is 1.65. The average molecular weight is 263 g/mol. The molecule has 1 rings (SSSR count).